The number of aliphatic hydroxyl groups is 1. The molecule has 1 saturated carbocycles. The number of rotatable bonds is 5. The molecule has 1 amide bonds. The summed E-state index contributed by atoms with van der Waals surface area (Å²) in [5, 5.41) is 13.2. The summed E-state index contributed by atoms with van der Waals surface area (Å²) in [6.45, 7) is 7.24. The number of nitrogens with zero attached hydrogens (tertiary/aromatic N) is 1. The monoisotopic (exact) mass is 741 g/mol. The average Bonchev–Trinajstić information content (AvgIpc) is 3.61. The van der Waals surface area contributed by atoms with Crippen molar-refractivity contribution >= 4 is 39.4 Å². The van der Waals surface area contributed by atoms with Gasteiger partial charge in [-0.1, -0.05) is 51.5 Å². The largest absolute Gasteiger partial charge is 0.462 e. The molecule has 8 aliphatic rings. The van der Waals surface area contributed by atoms with E-state index in [1.165, 1.54) is 5.57 Å². The summed E-state index contributed by atoms with van der Waals surface area (Å²) in [6, 6.07) is 0.244. The Bertz CT molecular complexity index is 1500. The van der Waals surface area contributed by atoms with E-state index in [1.54, 1.807) is 13.0 Å². The van der Waals surface area contributed by atoms with Gasteiger partial charge in [0.25, 0.3) is 0 Å². The SMILES string of the molecule is CC=C(C)C(=O)O[C@@]1(C)CC=C2CSS[C@H]3C=C[C@H]4CN(C(=O)CC5CNC(N)CC5[C@@H]2[C@@]12CC1CC5CC(CCCO)C(=O)OC5CC1O2)[C@H]34. The number of carbonyl (C=O) groups excluding carboxylic acids is 3. The van der Waals surface area contributed by atoms with Crippen molar-refractivity contribution in [2.75, 3.05) is 25.4 Å². The second-order valence-corrected chi connectivity index (χ2v) is 19.4. The van der Waals surface area contributed by atoms with Gasteiger partial charge < -0.3 is 35.3 Å². The number of nitrogens with one attached hydrogen (secondary N) is 1. The first kappa shape index (κ1) is 36.2. The number of carbonyl (C=O) groups is 3. The number of allylic oxidation sites excluding steroid dienone is 1. The number of esters is 2. The Labute approximate surface area is 309 Å². The van der Waals surface area contributed by atoms with Crippen molar-refractivity contribution in [1.82, 2.24) is 10.2 Å². The summed E-state index contributed by atoms with van der Waals surface area (Å²) in [7, 11) is 3.75. The number of fused-ring (bicyclic) bond motifs is 6. The van der Waals surface area contributed by atoms with Crippen molar-refractivity contribution in [1.29, 1.82) is 0 Å². The van der Waals surface area contributed by atoms with Crippen molar-refractivity contribution in [3.05, 3.63) is 35.5 Å². The van der Waals surface area contributed by atoms with Gasteiger partial charge in [0.2, 0.25) is 5.91 Å². The van der Waals surface area contributed by atoms with Crippen LogP contribution in [0, 0.1) is 41.4 Å². The maximum atomic E-state index is 14.1. The molecule has 5 aliphatic heterocycles. The Morgan fingerprint density at radius 2 is 2.02 bits per heavy atom. The molecule has 14 atom stereocenters. The highest BCUT2D eigenvalue weighted by molar-refractivity contribution is 8.77. The highest BCUT2D eigenvalue weighted by Gasteiger charge is 2.68. The third kappa shape index (κ3) is 6.25. The summed E-state index contributed by atoms with van der Waals surface area (Å²) >= 11 is 0. The molecule has 5 saturated heterocycles. The van der Waals surface area contributed by atoms with Gasteiger partial charge in [-0.15, -0.1) is 0 Å². The predicted octanol–water partition coefficient (Wildman–Crippen LogP) is 4.52. The lowest BCUT2D eigenvalue weighted by atomic mass is 9.56. The zero-order valence-electron chi connectivity index (χ0n) is 30.2. The van der Waals surface area contributed by atoms with Crippen LogP contribution in [0.1, 0.15) is 78.6 Å². The van der Waals surface area contributed by atoms with Crippen molar-refractivity contribution < 1.29 is 33.7 Å². The van der Waals surface area contributed by atoms with Gasteiger partial charge in [0, 0.05) is 62.1 Å². The average molecular weight is 742 g/mol. The molecule has 10 nitrogen and oxygen atoms in total. The van der Waals surface area contributed by atoms with Crippen LogP contribution in [0.15, 0.2) is 35.5 Å². The van der Waals surface area contributed by atoms with Crippen LogP contribution in [0.4, 0.5) is 0 Å². The lowest BCUT2D eigenvalue weighted by molar-refractivity contribution is -0.229. The maximum Gasteiger partial charge on any atom is 0.334 e. The lowest BCUT2D eigenvalue weighted by Crippen LogP contribution is -2.66. The molecule has 3 aliphatic carbocycles. The molecule has 0 radical (unpaired) electrons. The van der Waals surface area contributed by atoms with E-state index < -0.39 is 11.2 Å². The number of ether oxygens (including phenoxy) is 3. The van der Waals surface area contributed by atoms with Crippen LogP contribution < -0.4 is 11.1 Å². The molecule has 280 valence electrons. The Balaban J connectivity index is 1.18. The summed E-state index contributed by atoms with van der Waals surface area (Å²) in [5.74, 6) is 1.25. The van der Waals surface area contributed by atoms with Crippen LogP contribution in [0.5, 0.6) is 0 Å². The Kier molecular flexibility index (Phi) is 10.0. The van der Waals surface area contributed by atoms with Gasteiger partial charge in [0.05, 0.1) is 29.5 Å². The Morgan fingerprint density at radius 1 is 1.18 bits per heavy atom. The highest BCUT2D eigenvalue weighted by atomic mass is 33.1. The van der Waals surface area contributed by atoms with Crippen LogP contribution >= 0.6 is 21.6 Å². The topological polar surface area (TPSA) is 140 Å². The second-order valence-electron chi connectivity index (χ2n) is 16.9. The van der Waals surface area contributed by atoms with E-state index in [9.17, 15) is 19.5 Å². The Morgan fingerprint density at radius 3 is 2.82 bits per heavy atom. The number of piperidine rings is 1. The molecule has 0 bridgehead atoms. The van der Waals surface area contributed by atoms with E-state index in [1.807, 2.05) is 28.5 Å². The lowest BCUT2D eigenvalue weighted by Gasteiger charge is -2.57. The first-order chi connectivity index (χ1) is 24.5. The minimum atomic E-state index is -0.965. The van der Waals surface area contributed by atoms with Crippen molar-refractivity contribution in [2.45, 2.75) is 119 Å². The summed E-state index contributed by atoms with van der Waals surface area (Å²) in [5.41, 5.74) is 6.80. The van der Waals surface area contributed by atoms with Gasteiger partial charge in [-0.05, 0) is 83.0 Å². The molecular formula is C39H55N3O7S2. The third-order valence-electron chi connectivity index (χ3n) is 14.0. The summed E-state index contributed by atoms with van der Waals surface area (Å²) in [6.07, 6.45) is 14.1. The van der Waals surface area contributed by atoms with Gasteiger partial charge in [-0.25, -0.2) is 4.79 Å². The molecule has 4 N–H and O–H groups in total. The fourth-order valence-electron chi connectivity index (χ4n) is 11.2. The zero-order chi connectivity index (χ0) is 35.7. The van der Waals surface area contributed by atoms with Crippen molar-refractivity contribution in [3.63, 3.8) is 0 Å². The van der Waals surface area contributed by atoms with Gasteiger partial charge in [0.1, 0.15) is 17.3 Å². The van der Waals surface area contributed by atoms with Gasteiger partial charge in [-0.2, -0.15) is 0 Å². The van der Waals surface area contributed by atoms with Crippen LogP contribution in [0.25, 0.3) is 0 Å². The number of hydrogen-bond acceptors (Lipinski definition) is 11. The number of amides is 1. The maximum absolute atomic E-state index is 14.1. The van der Waals surface area contributed by atoms with E-state index in [4.69, 9.17) is 19.9 Å². The van der Waals surface area contributed by atoms with Crippen molar-refractivity contribution in [2.24, 2.45) is 47.2 Å². The van der Waals surface area contributed by atoms with Crippen LogP contribution in [-0.4, -0.2) is 94.2 Å². The highest BCUT2D eigenvalue weighted by Crippen LogP contribution is 2.62. The molecule has 8 unspecified atom stereocenters. The summed E-state index contributed by atoms with van der Waals surface area (Å²) < 4.78 is 20.4. The molecular weight excluding hydrogens is 687 g/mol. The van der Waals surface area contributed by atoms with Crippen LogP contribution in [0.3, 0.4) is 0 Å². The van der Waals surface area contributed by atoms with Gasteiger partial charge in [0.15, 0.2) is 0 Å². The summed E-state index contributed by atoms with van der Waals surface area (Å²) in [4.78, 5) is 43.0. The van der Waals surface area contributed by atoms with E-state index in [0.717, 1.165) is 31.6 Å². The fraction of sp³-hybridized carbons (Fsp3) is 0.769. The Hall–Kier alpha value is -1.83. The van der Waals surface area contributed by atoms with E-state index in [2.05, 4.69) is 35.4 Å². The van der Waals surface area contributed by atoms with E-state index in [0.29, 0.717) is 56.6 Å². The van der Waals surface area contributed by atoms with Gasteiger partial charge in [-0.3, -0.25) is 9.59 Å². The quantitative estimate of drug-likeness (QED) is 0.159. The van der Waals surface area contributed by atoms with Crippen LogP contribution in [-0.2, 0) is 28.6 Å². The molecule has 51 heavy (non-hydrogen) atoms. The van der Waals surface area contributed by atoms with Gasteiger partial charge >= 0.3 is 11.9 Å². The molecule has 8 rings (SSSR count). The normalized spacial score (nSPS) is 46.3. The van der Waals surface area contributed by atoms with E-state index in [-0.39, 0.29) is 89.6 Å². The molecule has 6 fully saturated rings. The number of aliphatic hydroxyl groups excluding tert-OH is 1. The minimum absolute atomic E-state index is 0.0420. The molecule has 0 aromatic heterocycles. The fourth-order valence-corrected chi connectivity index (χ4v) is 14.1. The minimum Gasteiger partial charge on any atom is -0.462 e. The smallest absolute Gasteiger partial charge is 0.334 e. The van der Waals surface area contributed by atoms with Crippen molar-refractivity contribution in [3.8, 4) is 0 Å². The standard InChI is InChI=1S/C39H55N3O7S2/c1-4-21(2)36(45)49-38(3)10-9-24-20-50-51-31-8-7-23-19-42(35(23)31)33(44)14-27-18-41-32(40)15-28(27)34(24)39(38)17-26-13-25-12-22(6-5-11-43)37(46)47-29(25)16-30(26)48-39/h4,7-9,22-23,25-32,34-35,41,43H,5-6,10-20,40H2,1-3H3/t22?,23-,25?,26?,27?,28?,29?,30?,31-,32?,34+,35-,38-,39-/m0/s1. The predicted molar refractivity (Wildman–Crippen MR) is 197 cm³/mol. The molecule has 1 spiro atoms. The molecule has 0 aromatic carbocycles. The first-order valence-electron chi connectivity index (χ1n) is 19.3. The molecule has 5 heterocycles. The molecule has 12 heteroatoms. The van der Waals surface area contributed by atoms with Crippen LogP contribution in [0.2, 0.25) is 0 Å². The zero-order valence-corrected chi connectivity index (χ0v) is 31.8. The first-order valence-corrected chi connectivity index (χ1v) is 21.7. The number of nitrogens with two attached hydrogens (primary N) is 1. The second kappa shape index (κ2) is 14.1. The third-order valence-corrected chi connectivity index (χ3v) is 16.7. The number of hydrogen-bond donors (Lipinski definition) is 3. The molecule has 0 aromatic rings. The van der Waals surface area contributed by atoms with E-state index >= 15 is 0 Å².